The topological polar surface area (TPSA) is 35.6 Å². The fourth-order valence-electron chi connectivity index (χ4n) is 2.99. The zero-order chi connectivity index (χ0) is 19.2. The molecule has 0 unspecified atom stereocenters. The lowest BCUT2D eigenvalue weighted by Gasteiger charge is -2.35. The Morgan fingerprint density at radius 2 is 1.85 bits per heavy atom. The van der Waals surface area contributed by atoms with Gasteiger partial charge in [0.25, 0.3) is 0 Å². The maximum Gasteiger partial charge on any atom is 0.234 e. The molecule has 0 saturated carbocycles. The molecule has 1 amide bonds. The molecular formula is C20H23ClFN3OS. The van der Waals surface area contributed by atoms with E-state index >= 15 is 0 Å². The number of hydrogen-bond acceptors (Lipinski definition) is 4. The highest BCUT2D eigenvalue weighted by atomic mass is 35.5. The Balaban J connectivity index is 1.49. The van der Waals surface area contributed by atoms with Gasteiger partial charge in [0.1, 0.15) is 5.82 Å². The monoisotopic (exact) mass is 407 g/mol. The van der Waals surface area contributed by atoms with E-state index in [-0.39, 0.29) is 16.7 Å². The summed E-state index contributed by atoms with van der Waals surface area (Å²) in [7, 11) is 0. The molecule has 1 aliphatic rings. The van der Waals surface area contributed by atoms with E-state index in [1.165, 1.54) is 29.6 Å². The Morgan fingerprint density at radius 1 is 1.15 bits per heavy atom. The smallest absolute Gasteiger partial charge is 0.234 e. The number of likely N-dealkylation sites (N-methyl/N-ethyl adjacent to an activating group) is 1. The number of thioether (sulfide) groups is 1. The van der Waals surface area contributed by atoms with Gasteiger partial charge in [-0.3, -0.25) is 4.79 Å². The first-order valence-electron chi connectivity index (χ1n) is 9.00. The van der Waals surface area contributed by atoms with Crippen LogP contribution in [0.15, 0.2) is 47.4 Å². The molecule has 0 bridgehead atoms. The molecule has 4 nitrogen and oxygen atoms in total. The number of rotatable bonds is 6. The molecule has 3 rings (SSSR count). The van der Waals surface area contributed by atoms with Gasteiger partial charge in [0.2, 0.25) is 5.91 Å². The number of amides is 1. The van der Waals surface area contributed by atoms with Gasteiger partial charge in [-0.05, 0) is 49.0 Å². The van der Waals surface area contributed by atoms with Crippen molar-refractivity contribution in [2.75, 3.05) is 48.7 Å². The Labute approximate surface area is 168 Å². The summed E-state index contributed by atoms with van der Waals surface area (Å²) in [6.45, 7) is 7.50. The predicted molar refractivity (Wildman–Crippen MR) is 112 cm³/mol. The van der Waals surface area contributed by atoms with E-state index in [9.17, 15) is 9.18 Å². The van der Waals surface area contributed by atoms with E-state index in [1.54, 1.807) is 6.07 Å². The summed E-state index contributed by atoms with van der Waals surface area (Å²) in [5.74, 6) is -0.325. The molecular weight excluding hydrogens is 385 g/mol. The molecule has 1 fully saturated rings. The largest absolute Gasteiger partial charge is 0.369 e. The third-order valence-electron chi connectivity index (χ3n) is 4.60. The Bertz CT molecular complexity index is 779. The molecule has 0 spiro atoms. The lowest BCUT2D eigenvalue weighted by atomic mass is 10.2. The lowest BCUT2D eigenvalue weighted by molar-refractivity contribution is -0.113. The van der Waals surface area contributed by atoms with Gasteiger partial charge in [0.15, 0.2) is 0 Å². The molecule has 1 heterocycles. The van der Waals surface area contributed by atoms with Crippen LogP contribution >= 0.6 is 23.4 Å². The number of halogens is 2. The summed E-state index contributed by atoms with van der Waals surface area (Å²) in [6, 6.07) is 12.4. The average Bonchev–Trinajstić information content (AvgIpc) is 2.69. The summed E-state index contributed by atoms with van der Waals surface area (Å²) >= 11 is 7.08. The minimum Gasteiger partial charge on any atom is -0.369 e. The second-order valence-corrected chi connectivity index (χ2v) is 7.84. The molecule has 2 aromatic carbocycles. The molecule has 27 heavy (non-hydrogen) atoms. The van der Waals surface area contributed by atoms with Crippen LogP contribution in [0.25, 0.3) is 0 Å². The summed E-state index contributed by atoms with van der Waals surface area (Å²) in [6.07, 6.45) is 0. The Kier molecular flexibility index (Phi) is 6.99. The first-order valence-corrected chi connectivity index (χ1v) is 10.4. The van der Waals surface area contributed by atoms with Crippen molar-refractivity contribution in [3.63, 3.8) is 0 Å². The normalized spacial score (nSPS) is 15.0. The van der Waals surface area contributed by atoms with Crippen molar-refractivity contribution >= 4 is 40.6 Å². The molecule has 0 aliphatic carbocycles. The van der Waals surface area contributed by atoms with Gasteiger partial charge in [-0.25, -0.2) is 4.39 Å². The van der Waals surface area contributed by atoms with E-state index in [4.69, 9.17) is 11.6 Å². The highest BCUT2D eigenvalue weighted by Gasteiger charge is 2.15. The summed E-state index contributed by atoms with van der Waals surface area (Å²) in [4.78, 5) is 17.7. The van der Waals surface area contributed by atoms with Crippen LogP contribution in [0.4, 0.5) is 15.8 Å². The van der Waals surface area contributed by atoms with Crippen LogP contribution in [0.2, 0.25) is 5.02 Å². The van der Waals surface area contributed by atoms with Gasteiger partial charge in [-0.1, -0.05) is 18.5 Å². The lowest BCUT2D eigenvalue weighted by Crippen LogP contribution is -2.46. The number of nitrogens with zero attached hydrogens (tertiary/aromatic N) is 2. The molecule has 7 heteroatoms. The van der Waals surface area contributed by atoms with E-state index in [0.717, 1.165) is 43.3 Å². The van der Waals surface area contributed by atoms with E-state index in [2.05, 4.69) is 22.0 Å². The summed E-state index contributed by atoms with van der Waals surface area (Å²) in [5, 5.41) is 2.96. The zero-order valence-electron chi connectivity index (χ0n) is 15.3. The molecule has 0 atom stereocenters. The number of piperazine rings is 1. The number of nitrogens with one attached hydrogen (secondary N) is 1. The summed E-state index contributed by atoms with van der Waals surface area (Å²) in [5.41, 5.74) is 1.95. The van der Waals surface area contributed by atoms with Crippen molar-refractivity contribution in [1.29, 1.82) is 0 Å². The van der Waals surface area contributed by atoms with Gasteiger partial charge in [0.05, 0.1) is 10.8 Å². The maximum absolute atomic E-state index is 13.2. The van der Waals surface area contributed by atoms with Crippen molar-refractivity contribution in [3.05, 3.63) is 53.3 Å². The standard InChI is InChI=1S/C20H23ClFN3OS/c1-2-24-9-11-25(12-10-24)16-5-3-15(4-6-16)23-20(26)14-27-17-7-8-19(22)18(21)13-17/h3-8,13H,2,9-12,14H2,1H3,(H,23,26). The van der Waals surface area contributed by atoms with Crippen LogP contribution in [0.1, 0.15) is 6.92 Å². The minimum absolute atomic E-state index is 0.0655. The quantitative estimate of drug-likeness (QED) is 0.722. The van der Waals surface area contributed by atoms with Crippen molar-refractivity contribution in [3.8, 4) is 0 Å². The highest BCUT2D eigenvalue weighted by Crippen LogP contribution is 2.24. The number of anilines is 2. The third-order valence-corrected chi connectivity index (χ3v) is 5.88. The second-order valence-electron chi connectivity index (χ2n) is 6.38. The Hall–Kier alpha value is -1.76. The molecule has 0 radical (unpaired) electrons. The Morgan fingerprint density at radius 3 is 2.48 bits per heavy atom. The molecule has 1 aliphatic heterocycles. The number of carbonyl (C=O) groups excluding carboxylic acids is 1. The van der Waals surface area contributed by atoms with Crippen molar-refractivity contribution in [2.45, 2.75) is 11.8 Å². The maximum atomic E-state index is 13.2. The van der Waals surface area contributed by atoms with Gasteiger partial charge in [-0.2, -0.15) is 0 Å². The van der Waals surface area contributed by atoms with Crippen LogP contribution in [0, 0.1) is 5.82 Å². The SMILES string of the molecule is CCN1CCN(c2ccc(NC(=O)CSc3ccc(F)c(Cl)c3)cc2)CC1. The molecule has 1 N–H and O–H groups in total. The summed E-state index contributed by atoms with van der Waals surface area (Å²) < 4.78 is 13.2. The van der Waals surface area contributed by atoms with E-state index in [0.29, 0.717) is 0 Å². The fraction of sp³-hybridized carbons (Fsp3) is 0.350. The van der Waals surface area contributed by atoms with Crippen LogP contribution in [-0.2, 0) is 4.79 Å². The van der Waals surface area contributed by atoms with Gasteiger partial charge in [-0.15, -0.1) is 11.8 Å². The van der Waals surface area contributed by atoms with Crippen LogP contribution < -0.4 is 10.2 Å². The first-order chi connectivity index (χ1) is 13.0. The highest BCUT2D eigenvalue weighted by molar-refractivity contribution is 8.00. The molecule has 144 valence electrons. The number of carbonyl (C=O) groups is 1. The fourth-order valence-corrected chi connectivity index (χ4v) is 3.97. The third kappa shape index (κ3) is 5.61. The van der Waals surface area contributed by atoms with Crippen molar-refractivity contribution in [2.24, 2.45) is 0 Å². The predicted octanol–water partition coefficient (Wildman–Crippen LogP) is 4.35. The average molecular weight is 408 g/mol. The van der Waals surface area contributed by atoms with E-state index in [1.807, 2.05) is 24.3 Å². The van der Waals surface area contributed by atoms with Crippen molar-refractivity contribution < 1.29 is 9.18 Å². The molecule has 0 aromatic heterocycles. The van der Waals surface area contributed by atoms with E-state index < -0.39 is 5.82 Å². The van der Waals surface area contributed by atoms with Crippen LogP contribution in [-0.4, -0.2) is 49.3 Å². The number of benzene rings is 2. The van der Waals surface area contributed by atoms with Crippen LogP contribution in [0.5, 0.6) is 0 Å². The molecule has 2 aromatic rings. The zero-order valence-corrected chi connectivity index (χ0v) is 16.8. The second kappa shape index (κ2) is 9.44. The van der Waals surface area contributed by atoms with Gasteiger partial charge < -0.3 is 15.1 Å². The van der Waals surface area contributed by atoms with Crippen LogP contribution in [0.3, 0.4) is 0 Å². The first kappa shape index (κ1) is 20.0. The van der Waals surface area contributed by atoms with Gasteiger partial charge >= 0.3 is 0 Å². The van der Waals surface area contributed by atoms with Crippen molar-refractivity contribution in [1.82, 2.24) is 4.90 Å². The van der Waals surface area contributed by atoms with Gasteiger partial charge in [0, 0.05) is 42.4 Å². The molecule has 1 saturated heterocycles. The number of hydrogen-bond donors (Lipinski definition) is 1. The minimum atomic E-state index is -0.457.